The van der Waals surface area contributed by atoms with Gasteiger partial charge in [0.2, 0.25) is 5.88 Å². The van der Waals surface area contributed by atoms with Crippen molar-refractivity contribution in [1.29, 1.82) is 0 Å². The second-order valence-corrected chi connectivity index (χ2v) is 7.61. The molecule has 4 rings (SSSR count). The maximum atomic E-state index is 13.2. The molecule has 0 spiro atoms. The molecule has 3 heterocycles. The molecule has 2 fully saturated rings. The third-order valence-corrected chi connectivity index (χ3v) is 5.98. The molecule has 5 heteroatoms. The van der Waals surface area contributed by atoms with Crippen molar-refractivity contribution in [2.24, 2.45) is 5.92 Å². The number of rotatable bonds is 2. The number of amides is 1. The van der Waals surface area contributed by atoms with Crippen molar-refractivity contribution in [3.63, 3.8) is 0 Å². The number of ether oxygens (including phenoxy) is 1. The Hall–Kier alpha value is -1.52. The molecule has 24 heavy (non-hydrogen) atoms. The predicted octanol–water partition coefficient (Wildman–Crippen LogP) is 3.63. The van der Waals surface area contributed by atoms with Gasteiger partial charge in [-0.3, -0.25) is 4.79 Å². The van der Waals surface area contributed by atoms with Crippen molar-refractivity contribution in [2.75, 3.05) is 13.2 Å². The van der Waals surface area contributed by atoms with Gasteiger partial charge in [0, 0.05) is 31.6 Å². The second-order valence-electron chi connectivity index (χ2n) is 7.61. The van der Waals surface area contributed by atoms with Crippen LogP contribution in [0, 0.1) is 5.92 Å². The van der Waals surface area contributed by atoms with Crippen LogP contribution in [-0.2, 0) is 6.54 Å². The van der Waals surface area contributed by atoms with E-state index in [-0.39, 0.29) is 5.91 Å². The summed E-state index contributed by atoms with van der Waals surface area (Å²) >= 11 is 0. The molecule has 132 valence electrons. The van der Waals surface area contributed by atoms with Gasteiger partial charge in [-0.1, -0.05) is 32.1 Å². The van der Waals surface area contributed by atoms with E-state index in [0.29, 0.717) is 17.7 Å². The number of aryl methyl sites for hydroxylation is 1. The summed E-state index contributed by atoms with van der Waals surface area (Å²) in [5.74, 6) is 1.57. The highest BCUT2D eigenvalue weighted by atomic mass is 16.5. The van der Waals surface area contributed by atoms with E-state index < -0.39 is 0 Å². The monoisotopic (exact) mass is 331 g/mol. The van der Waals surface area contributed by atoms with Gasteiger partial charge in [0.1, 0.15) is 0 Å². The third kappa shape index (κ3) is 3.17. The van der Waals surface area contributed by atoms with E-state index in [1.54, 1.807) is 0 Å². The Balaban J connectivity index is 1.56. The summed E-state index contributed by atoms with van der Waals surface area (Å²) in [7, 11) is 0. The van der Waals surface area contributed by atoms with Gasteiger partial charge in [0.15, 0.2) is 5.69 Å². The van der Waals surface area contributed by atoms with E-state index in [1.165, 1.54) is 51.4 Å². The van der Waals surface area contributed by atoms with Crippen LogP contribution in [0.1, 0.15) is 74.7 Å². The normalized spacial score (nSPS) is 25.7. The fourth-order valence-corrected chi connectivity index (χ4v) is 4.71. The molecule has 1 amide bonds. The van der Waals surface area contributed by atoms with Crippen LogP contribution in [0.3, 0.4) is 0 Å². The molecule has 1 aromatic rings. The molecule has 0 aromatic carbocycles. The fraction of sp³-hybridized carbons (Fsp3) is 0.789. The molecule has 1 saturated carbocycles. The van der Waals surface area contributed by atoms with E-state index in [0.717, 1.165) is 38.4 Å². The lowest BCUT2D eigenvalue weighted by Gasteiger charge is -2.37. The molecule has 1 aliphatic carbocycles. The molecule has 5 nitrogen and oxygen atoms in total. The van der Waals surface area contributed by atoms with Gasteiger partial charge >= 0.3 is 0 Å². The first-order chi connectivity index (χ1) is 11.8. The average molecular weight is 331 g/mol. The molecule has 3 aliphatic rings. The summed E-state index contributed by atoms with van der Waals surface area (Å²) in [6, 6.07) is 2.27. The number of carbonyl (C=O) groups excluding carboxylic acids is 1. The Morgan fingerprint density at radius 2 is 1.79 bits per heavy atom. The van der Waals surface area contributed by atoms with Crippen molar-refractivity contribution in [3.05, 3.63) is 11.8 Å². The van der Waals surface area contributed by atoms with Crippen molar-refractivity contribution in [1.82, 2.24) is 14.7 Å². The summed E-state index contributed by atoms with van der Waals surface area (Å²) in [6.07, 6.45) is 12.4. The fourth-order valence-electron chi connectivity index (χ4n) is 4.71. The standard InChI is InChI=1S/C19H29N3O2/c23-19(16-14-18-22(20-16)12-7-13-24-18)21-11-6-2-5-10-17(21)15-8-3-1-4-9-15/h14-15,17H,1-13H2/t17-/m1/s1. The predicted molar refractivity (Wildman–Crippen MR) is 92.2 cm³/mol. The summed E-state index contributed by atoms with van der Waals surface area (Å²) < 4.78 is 7.49. The maximum Gasteiger partial charge on any atom is 0.274 e. The van der Waals surface area contributed by atoms with Crippen LogP contribution in [0.15, 0.2) is 6.07 Å². The molecule has 1 atom stereocenters. The van der Waals surface area contributed by atoms with Gasteiger partial charge < -0.3 is 9.64 Å². The van der Waals surface area contributed by atoms with Crippen LogP contribution in [0.5, 0.6) is 5.88 Å². The summed E-state index contributed by atoms with van der Waals surface area (Å²) in [5, 5.41) is 4.54. The van der Waals surface area contributed by atoms with E-state index in [1.807, 2.05) is 10.7 Å². The minimum atomic E-state index is 0.123. The highest BCUT2D eigenvalue weighted by Crippen LogP contribution is 2.34. The minimum absolute atomic E-state index is 0.123. The Bertz CT molecular complexity index is 554. The lowest BCUT2D eigenvalue weighted by molar-refractivity contribution is 0.0568. The van der Waals surface area contributed by atoms with Crippen LogP contribution in [0.4, 0.5) is 0 Å². The summed E-state index contributed by atoms with van der Waals surface area (Å²) in [5.41, 5.74) is 0.578. The van der Waals surface area contributed by atoms with Crippen molar-refractivity contribution in [2.45, 2.75) is 76.8 Å². The smallest absolute Gasteiger partial charge is 0.274 e. The largest absolute Gasteiger partial charge is 0.478 e. The van der Waals surface area contributed by atoms with Crippen LogP contribution in [0.2, 0.25) is 0 Å². The number of likely N-dealkylation sites (tertiary alicyclic amines) is 1. The molecule has 0 unspecified atom stereocenters. The van der Waals surface area contributed by atoms with Gasteiger partial charge in [-0.15, -0.1) is 0 Å². The highest BCUT2D eigenvalue weighted by molar-refractivity contribution is 5.93. The molecule has 0 bridgehead atoms. The number of fused-ring (bicyclic) bond motifs is 1. The second kappa shape index (κ2) is 7.16. The molecule has 0 N–H and O–H groups in total. The van der Waals surface area contributed by atoms with E-state index >= 15 is 0 Å². The average Bonchev–Trinajstić information content (AvgIpc) is 2.91. The highest BCUT2D eigenvalue weighted by Gasteiger charge is 2.34. The zero-order valence-corrected chi connectivity index (χ0v) is 14.6. The Morgan fingerprint density at radius 3 is 2.62 bits per heavy atom. The molecule has 2 aliphatic heterocycles. The Morgan fingerprint density at radius 1 is 1.00 bits per heavy atom. The molecular weight excluding hydrogens is 302 g/mol. The zero-order valence-electron chi connectivity index (χ0n) is 14.6. The van der Waals surface area contributed by atoms with E-state index in [2.05, 4.69) is 10.00 Å². The van der Waals surface area contributed by atoms with Gasteiger partial charge in [-0.25, -0.2) is 4.68 Å². The summed E-state index contributed by atoms with van der Waals surface area (Å²) in [4.78, 5) is 15.4. The van der Waals surface area contributed by atoms with Crippen molar-refractivity contribution < 1.29 is 9.53 Å². The molecule has 1 aromatic heterocycles. The van der Waals surface area contributed by atoms with Gasteiger partial charge in [-0.2, -0.15) is 5.10 Å². The molecule has 0 radical (unpaired) electrons. The van der Waals surface area contributed by atoms with E-state index in [4.69, 9.17) is 4.74 Å². The van der Waals surface area contributed by atoms with Gasteiger partial charge in [0.05, 0.1) is 6.61 Å². The van der Waals surface area contributed by atoms with Crippen LogP contribution in [-0.4, -0.2) is 39.8 Å². The number of nitrogens with zero attached hydrogens (tertiary/aromatic N) is 3. The lowest BCUT2D eigenvalue weighted by Crippen LogP contribution is -2.45. The van der Waals surface area contributed by atoms with Crippen LogP contribution in [0.25, 0.3) is 0 Å². The van der Waals surface area contributed by atoms with Gasteiger partial charge in [-0.05, 0) is 31.6 Å². The quantitative estimate of drug-likeness (QED) is 0.831. The first-order valence-electron chi connectivity index (χ1n) is 9.84. The maximum absolute atomic E-state index is 13.2. The number of hydrogen-bond donors (Lipinski definition) is 0. The summed E-state index contributed by atoms with van der Waals surface area (Å²) in [6.45, 7) is 2.48. The van der Waals surface area contributed by atoms with Crippen molar-refractivity contribution >= 4 is 5.91 Å². The zero-order chi connectivity index (χ0) is 16.4. The van der Waals surface area contributed by atoms with Crippen molar-refractivity contribution in [3.8, 4) is 5.88 Å². The molecule has 1 saturated heterocycles. The third-order valence-electron chi connectivity index (χ3n) is 5.98. The number of aromatic nitrogens is 2. The first-order valence-corrected chi connectivity index (χ1v) is 9.84. The number of carbonyl (C=O) groups is 1. The first kappa shape index (κ1) is 16.0. The van der Waals surface area contributed by atoms with Crippen LogP contribution >= 0.6 is 0 Å². The van der Waals surface area contributed by atoms with E-state index in [9.17, 15) is 4.79 Å². The Labute approximate surface area is 144 Å². The van der Waals surface area contributed by atoms with Gasteiger partial charge in [0.25, 0.3) is 5.91 Å². The molecular formula is C19H29N3O2. The van der Waals surface area contributed by atoms with Crippen LogP contribution < -0.4 is 4.74 Å². The SMILES string of the molecule is O=C(c1cc2n(n1)CCCO2)N1CCCCC[C@@H]1C1CCCCC1. The topological polar surface area (TPSA) is 47.4 Å². The number of hydrogen-bond acceptors (Lipinski definition) is 3. The Kier molecular flexibility index (Phi) is 4.76. The lowest BCUT2D eigenvalue weighted by atomic mass is 9.81. The minimum Gasteiger partial charge on any atom is -0.478 e.